The largest absolute Gasteiger partial charge is 0.243 e. The summed E-state index contributed by atoms with van der Waals surface area (Å²) in [5, 5.41) is 0. The molecule has 0 saturated carbocycles. The maximum Gasteiger partial charge on any atom is 0.140 e. The fourth-order valence-electron chi connectivity index (χ4n) is 2.56. The number of hydrogen-bond donors (Lipinski definition) is 0. The zero-order valence-electron chi connectivity index (χ0n) is 13.3. The predicted octanol–water partition coefficient (Wildman–Crippen LogP) is 5.46. The molecule has 1 heterocycles. The zero-order chi connectivity index (χ0) is 17.1. The van der Waals surface area contributed by atoms with Gasteiger partial charge in [-0.3, -0.25) is 0 Å². The van der Waals surface area contributed by atoms with E-state index in [1.807, 2.05) is 78.9 Å². The summed E-state index contributed by atoms with van der Waals surface area (Å²) in [5.41, 5.74) is 5.13. The van der Waals surface area contributed by atoms with Gasteiger partial charge in [0, 0.05) is 15.6 Å². The van der Waals surface area contributed by atoms with Gasteiger partial charge in [-0.15, -0.1) is 0 Å². The van der Waals surface area contributed by atoms with Crippen molar-refractivity contribution in [2.75, 3.05) is 0 Å². The van der Waals surface area contributed by atoms with Crippen molar-refractivity contribution in [3.63, 3.8) is 0 Å². The molecule has 3 aromatic carbocycles. The summed E-state index contributed by atoms with van der Waals surface area (Å²) in [7, 11) is 0. The van der Waals surface area contributed by atoms with Crippen LogP contribution < -0.4 is 0 Å². The topological polar surface area (TPSA) is 25.8 Å². The van der Waals surface area contributed by atoms with E-state index in [1.54, 1.807) is 0 Å². The molecule has 0 atom stereocenters. The first-order valence-electron chi connectivity index (χ1n) is 7.89. The number of fused-ring (bicyclic) bond motifs is 1. The van der Waals surface area contributed by atoms with Crippen molar-refractivity contribution in [1.82, 2.24) is 9.97 Å². The first-order chi connectivity index (χ1) is 12.3. The molecule has 0 amide bonds. The second-order valence-electron chi connectivity index (χ2n) is 5.54. The molecule has 118 valence electrons. The second kappa shape index (κ2) is 6.88. The maximum atomic E-state index is 4.82. The second-order valence-corrected chi connectivity index (χ2v) is 6.45. The molecule has 0 fully saturated rings. The van der Waals surface area contributed by atoms with Crippen LogP contribution in [0, 0.1) is 11.8 Å². The Morgan fingerprint density at radius 1 is 0.680 bits per heavy atom. The standard InChI is InChI=1S/C22H13BrN2/c23-18-12-14-19-21(15-18)25-22(17-9-5-2-6-10-17)20(24-19)13-11-16-7-3-1-4-8-16/h1-10,12,14-15H. The lowest BCUT2D eigenvalue weighted by molar-refractivity contribution is 1.26. The minimum atomic E-state index is 0.685. The van der Waals surface area contributed by atoms with Gasteiger partial charge in [-0.1, -0.05) is 70.4 Å². The van der Waals surface area contributed by atoms with E-state index in [2.05, 4.69) is 27.8 Å². The number of benzene rings is 3. The van der Waals surface area contributed by atoms with E-state index in [9.17, 15) is 0 Å². The highest BCUT2D eigenvalue weighted by molar-refractivity contribution is 9.10. The Kier molecular flexibility index (Phi) is 4.28. The quantitative estimate of drug-likeness (QED) is 0.407. The van der Waals surface area contributed by atoms with E-state index < -0.39 is 0 Å². The highest BCUT2D eigenvalue weighted by Gasteiger charge is 2.09. The number of nitrogens with zero attached hydrogens (tertiary/aromatic N) is 2. The molecule has 1 aromatic heterocycles. The number of halogens is 1. The first-order valence-corrected chi connectivity index (χ1v) is 8.69. The van der Waals surface area contributed by atoms with Gasteiger partial charge in [0.25, 0.3) is 0 Å². The number of aromatic nitrogens is 2. The molecule has 0 N–H and O–H groups in total. The third-order valence-corrected chi connectivity index (χ3v) is 4.27. The van der Waals surface area contributed by atoms with Gasteiger partial charge in [-0.2, -0.15) is 0 Å². The number of rotatable bonds is 1. The van der Waals surface area contributed by atoms with E-state index in [4.69, 9.17) is 9.97 Å². The molecule has 0 aliphatic rings. The van der Waals surface area contributed by atoms with Gasteiger partial charge in [0.05, 0.1) is 11.0 Å². The fourth-order valence-corrected chi connectivity index (χ4v) is 2.91. The molecule has 0 bridgehead atoms. The third-order valence-electron chi connectivity index (χ3n) is 3.77. The van der Waals surface area contributed by atoms with Crippen molar-refractivity contribution in [3.05, 3.63) is 94.6 Å². The molecular weight excluding hydrogens is 372 g/mol. The van der Waals surface area contributed by atoms with Crippen LogP contribution in [0.5, 0.6) is 0 Å². The van der Waals surface area contributed by atoms with E-state index in [-0.39, 0.29) is 0 Å². The summed E-state index contributed by atoms with van der Waals surface area (Å²) in [6.45, 7) is 0. The van der Waals surface area contributed by atoms with Crippen molar-refractivity contribution in [1.29, 1.82) is 0 Å². The van der Waals surface area contributed by atoms with Gasteiger partial charge >= 0.3 is 0 Å². The minimum Gasteiger partial charge on any atom is -0.243 e. The molecular formula is C22H13BrN2. The average Bonchev–Trinajstić information content (AvgIpc) is 2.67. The van der Waals surface area contributed by atoms with Gasteiger partial charge in [0.2, 0.25) is 0 Å². The van der Waals surface area contributed by atoms with Crippen molar-refractivity contribution in [2.24, 2.45) is 0 Å². The molecule has 4 aromatic rings. The van der Waals surface area contributed by atoms with E-state index in [1.165, 1.54) is 0 Å². The predicted molar refractivity (Wildman–Crippen MR) is 105 cm³/mol. The van der Waals surface area contributed by atoms with Crippen LogP contribution in [0.25, 0.3) is 22.3 Å². The SMILES string of the molecule is Brc1ccc2nc(C#Cc3ccccc3)c(-c3ccccc3)nc2c1. The summed E-state index contributed by atoms with van der Waals surface area (Å²) in [4.78, 5) is 9.57. The molecule has 3 heteroatoms. The van der Waals surface area contributed by atoms with Crippen molar-refractivity contribution >= 4 is 27.0 Å². The van der Waals surface area contributed by atoms with Gasteiger partial charge in [0.15, 0.2) is 0 Å². The first kappa shape index (κ1) is 15.6. The van der Waals surface area contributed by atoms with Crippen molar-refractivity contribution in [2.45, 2.75) is 0 Å². The lowest BCUT2D eigenvalue weighted by atomic mass is 10.1. The van der Waals surface area contributed by atoms with E-state index in [0.29, 0.717) is 5.69 Å². The Labute approximate surface area is 154 Å². The lowest BCUT2D eigenvalue weighted by Crippen LogP contribution is -1.95. The third kappa shape index (κ3) is 3.45. The molecule has 2 nitrogen and oxygen atoms in total. The van der Waals surface area contributed by atoms with Crippen LogP contribution in [-0.2, 0) is 0 Å². The van der Waals surface area contributed by atoms with Crippen LogP contribution in [0.3, 0.4) is 0 Å². The molecule has 0 saturated heterocycles. The Morgan fingerprint density at radius 3 is 2.16 bits per heavy atom. The number of hydrogen-bond acceptors (Lipinski definition) is 2. The van der Waals surface area contributed by atoms with E-state index in [0.717, 1.165) is 32.3 Å². The van der Waals surface area contributed by atoms with E-state index >= 15 is 0 Å². The highest BCUT2D eigenvalue weighted by Crippen LogP contribution is 2.24. The average molecular weight is 385 g/mol. The molecule has 25 heavy (non-hydrogen) atoms. The van der Waals surface area contributed by atoms with Crippen LogP contribution in [0.2, 0.25) is 0 Å². The summed E-state index contributed by atoms with van der Waals surface area (Å²) in [6.07, 6.45) is 0. The van der Waals surface area contributed by atoms with Crippen molar-refractivity contribution in [3.8, 4) is 23.1 Å². The van der Waals surface area contributed by atoms with Gasteiger partial charge in [0.1, 0.15) is 11.4 Å². The molecule has 0 unspecified atom stereocenters. The summed E-state index contributed by atoms with van der Waals surface area (Å²) >= 11 is 3.50. The minimum absolute atomic E-state index is 0.685. The van der Waals surface area contributed by atoms with Crippen LogP contribution in [0.15, 0.2) is 83.3 Å². The monoisotopic (exact) mass is 384 g/mol. The van der Waals surface area contributed by atoms with Gasteiger partial charge in [-0.05, 0) is 36.3 Å². The summed E-state index contributed by atoms with van der Waals surface area (Å²) < 4.78 is 0.983. The van der Waals surface area contributed by atoms with Crippen LogP contribution in [-0.4, -0.2) is 9.97 Å². The molecule has 0 aliphatic carbocycles. The lowest BCUT2D eigenvalue weighted by Gasteiger charge is -2.06. The zero-order valence-corrected chi connectivity index (χ0v) is 14.9. The summed E-state index contributed by atoms with van der Waals surface area (Å²) in [5.74, 6) is 6.38. The van der Waals surface area contributed by atoms with Crippen molar-refractivity contribution < 1.29 is 0 Å². The summed E-state index contributed by atoms with van der Waals surface area (Å²) in [6, 6.07) is 25.8. The normalized spacial score (nSPS) is 10.3. The Morgan fingerprint density at radius 2 is 1.40 bits per heavy atom. The molecule has 0 radical (unpaired) electrons. The van der Waals surface area contributed by atoms with Gasteiger partial charge < -0.3 is 0 Å². The Hall–Kier alpha value is -2.96. The smallest absolute Gasteiger partial charge is 0.140 e. The Balaban J connectivity index is 1.92. The van der Waals surface area contributed by atoms with Crippen LogP contribution >= 0.6 is 15.9 Å². The highest BCUT2D eigenvalue weighted by atomic mass is 79.9. The van der Waals surface area contributed by atoms with Crippen LogP contribution in [0.4, 0.5) is 0 Å². The Bertz CT molecular complexity index is 1090. The molecule has 4 rings (SSSR count). The maximum absolute atomic E-state index is 4.82. The van der Waals surface area contributed by atoms with Crippen LogP contribution in [0.1, 0.15) is 11.3 Å². The van der Waals surface area contributed by atoms with Gasteiger partial charge in [-0.25, -0.2) is 9.97 Å². The molecule has 0 spiro atoms. The molecule has 0 aliphatic heterocycles. The fraction of sp³-hybridized carbons (Fsp3) is 0.